The number of nitrogens with two attached hydrogens (primary N) is 1. The van der Waals surface area contributed by atoms with Crippen LogP contribution in [0.25, 0.3) is 0 Å². The Balaban J connectivity index is 2.20. The summed E-state index contributed by atoms with van der Waals surface area (Å²) in [4.78, 5) is 33.1. The number of halogens is 1. The fourth-order valence-corrected chi connectivity index (χ4v) is 1.72. The monoisotopic (exact) mass is 307 g/mol. The summed E-state index contributed by atoms with van der Waals surface area (Å²) in [7, 11) is 0. The zero-order chi connectivity index (χ0) is 16.3. The lowest BCUT2D eigenvalue weighted by atomic mass is 10.1. The zero-order valence-corrected chi connectivity index (χ0v) is 11.0. The smallest absolute Gasteiger partial charge is 0.395 e. The predicted octanol–water partition coefficient (Wildman–Crippen LogP) is 1.28. The molecule has 2 rings (SSSR count). The molecule has 0 aliphatic heterocycles. The molecule has 0 saturated heterocycles. The zero-order valence-electron chi connectivity index (χ0n) is 11.0. The number of benzene rings is 1. The minimum atomic E-state index is -1.22. The van der Waals surface area contributed by atoms with Crippen molar-refractivity contribution in [2.75, 3.05) is 0 Å². The van der Waals surface area contributed by atoms with Gasteiger partial charge >= 0.3 is 5.88 Å². The standard InChI is InChI=1S/C13H10FN3O5/c14-8-3-1-7(2-4-8)11(12(15)18)16-13(19)9-5-6-10(22-9)17(20)21/h1-6,11H,(H2,15,18)(H,16,19)/t11-/m1/s1. The van der Waals surface area contributed by atoms with Crippen molar-refractivity contribution in [3.05, 3.63) is 63.7 Å². The Bertz CT molecular complexity index is 726. The molecule has 0 saturated carbocycles. The summed E-state index contributed by atoms with van der Waals surface area (Å²) in [5, 5.41) is 12.8. The first kappa shape index (κ1) is 15.2. The molecule has 0 radical (unpaired) electrons. The number of primary amides is 1. The molecule has 0 aliphatic rings. The Kier molecular flexibility index (Phi) is 4.16. The summed E-state index contributed by atoms with van der Waals surface area (Å²) in [6.07, 6.45) is 0. The van der Waals surface area contributed by atoms with Crippen LogP contribution in [0.3, 0.4) is 0 Å². The number of nitrogens with zero attached hydrogens (tertiary/aromatic N) is 1. The normalized spacial score (nSPS) is 11.7. The first-order chi connectivity index (χ1) is 10.4. The second kappa shape index (κ2) is 6.04. The fraction of sp³-hybridized carbons (Fsp3) is 0.0769. The van der Waals surface area contributed by atoms with Gasteiger partial charge in [0.1, 0.15) is 16.8 Å². The van der Waals surface area contributed by atoms with Crippen molar-refractivity contribution in [3.8, 4) is 0 Å². The van der Waals surface area contributed by atoms with Gasteiger partial charge < -0.3 is 15.5 Å². The van der Waals surface area contributed by atoms with E-state index in [0.29, 0.717) is 0 Å². The lowest BCUT2D eigenvalue weighted by Gasteiger charge is -2.14. The second-order valence-electron chi connectivity index (χ2n) is 4.26. The van der Waals surface area contributed by atoms with Crippen molar-refractivity contribution in [3.63, 3.8) is 0 Å². The van der Waals surface area contributed by atoms with Gasteiger partial charge in [-0.05, 0) is 23.8 Å². The summed E-state index contributed by atoms with van der Waals surface area (Å²) >= 11 is 0. The van der Waals surface area contributed by atoms with Crippen molar-refractivity contribution in [2.24, 2.45) is 5.73 Å². The molecular weight excluding hydrogens is 297 g/mol. The van der Waals surface area contributed by atoms with Crippen molar-refractivity contribution in [2.45, 2.75) is 6.04 Å². The van der Waals surface area contributed by atoms with Gasteiger partial charge in [-0.25, -0.2) is 4.39 Å². The second-order valence-corrected chi connectivity index (χ2v) is 4.26. The largest absolute Gasteiger partial charge is 0.433 e. The number of hydrogen-bond acceptors (Lipinski definition) is 5. The fourth-order valence-electron chi connectivity index (χ4n) is 1.72. The van der Waals surface area contributed by atoms with E-state index in [0.717, 1.165) is 24.3 Å². The number of furan rings is 1. The molecule has 2 amide bonds. The van der Waals surface area contributed by atoms with Crippen LogP contribution in [0, 0.1) is 15.9 Å². The molecule has 114 valence electrons. The van der Waals surface area contributed by atoms with Crippen molar-refractivity contribution in [1.29, 1.82) is 0 Å². The van der Waals surface area contributed by atoms with Crippen LogP contribution in [0.2, 0.25) is 0 Å². The van der Waals surface area contributed by atoms with Gasteiger partial charge in [0, 0.05) is 0 Å². The van der Waals surface area contributed by atoms with E-state index >= 15 is 0 Å². The summed E-state index contributed by atoms with van der Waals surface area (Å²) in [5.41, 5.74) is 5.47. The molecule has 1 aromatic carbocycles. The molecule has 1 heterocycles. The third kappa shape index (κ3) is 3.26. The van der Waals surface area contributed by atoms with Gasteiger partial charge in [0.15, 0.2) is 5.76 Å². The van der Waals surface area contributed by atoms with E-state index in [4.69, 9.17) is 10.2 Å². The SMILES string of the molecule is NC(=O)[C@H](NC(=O)c1ccc([N+](=O)[O-])o1)c1ccc(F)cc1. The van der Waals surface area contributed by atoms with Crippen molar-refractivity contribution < 1.29 is 23.3 Å². The Labute approximate surface area is 122 Å². The van der Waals surface area contributed by atoms with Crippen LogP contribution in [0.1, 0.15) is 22.2 Å². The third-order valence-electron chi connectivity index (χ3n) is 2.76. The van der Waals surface area contributed by atoms with Crippen LogP contribution >= 0.6 is 0 Å². The maximum absolute atomic E-state index is 12.9. The molecule has 1 aromatic heterocycles. The lowest BCUT2D eigenvalue weighted by molar-refractivity contribution is -0.402. The molecule has 22 heavy (non-hydrogen) atoms. The van der Waals surface area contributed by atoms with Crippen LogP contribution < -0.4 is 11.1 Å². The van der Waals surface area contributed by atoms with Crippen molar-refractivity contribution >= 4 is 17.7 Å². The van der Waals surface area contributed by atoms with E-state index in [1.165, 1.54) is 12.1 Å². The summed E-state index contributed by atoms with van der Waals surface area (Å²) < 4.78 is 17.6. The van der Waals surface area contributed by atoms with Gasteiger partial charge in [-0.1, -0.05) is 12.1 Å². The molecule has 3 N–H and O–H groups in total. The third-order valence-corrected chi connectivity index (χ3v) is 2.76. The first-order valence-electron chi connectivity index (χ1n) is 5.98. The number of carbonyl (C=O) groups is 2. The highest BCUT2D eigenvalue weighted by molar-refractivity contribution is 5.95. The Morgan fingerprint density at radius 2 is 1.86 bits per heavy atom. The molecule has 1 atom stereocenters. The van der Waals surface area contributed by atoms with E-state index in [9.17, 15) is 24.1 Å². The highest BCUT2D eigenvalue weighted by atomic mass is 19.1. The van der Waals surface area contributed by atoms with Gasteiger partial charge in [-0.15, -0.1) is 0 Å². The molecule has 0 aliphatic carbocycles. The van der Waals surface area contributed by atoms with E-state index in [-0.39, 0.29) is 11.3 Å². The molecule has 0 unspecified atom stereocenters. The van der Waals surface area contributed by atoms with Crippen molar-refractivity contribution in [1.82, 2.24) is 5.32 Å². The Morgan fingerprint density at radius 3 is 2.36 bits per heavy atom. The number of carbonyl (C=O) groups excluding carboxylic acids is 2. The number of nitro groups is 1. The summed E-state index contributed by atoms with van der Waals surface area (Å²) in [6, 6.07) is 5.66. The van der Waals surface area contributed by atoms with Gasteiger partial charge in [-0.3, -0.25) is 19.7 Å². The molecule has 0 spiro atoms. The van der Waals surface area contributed by atoms with Crippen LogP contribution in [0.4, 0.5) is 10.3 Å². The first-order valence-corrected chi connectivity index (χ1v) is 5.98. The van der Waals surface area contributed by atoms with E-state index < -0.39 is 34.5 Å². The van der Waals surface area contributed by atoms with Crippen LogP contribution in [-0.4, -0.2) is 16.7 Å². The topological polar surface area (TPSA) is 128 Å². The maximum atomic E-state index is 12.9. The predicted molar refractivity (Wildman–Crippen MR) is 71.2 cm³/mol. The molecule has 8 nitrogen and oxygen atoms in total. The average molecular weight is 307 g/mol. The molecule has 0 bridgehead atoms. The van der Waals surface area contributed by atoms with Gasteiger partial charge in [-0.2, -0.15) is 0 Å². The number of nitrogens with one attached hydrogen (secondary N) is 1. The summed E-state index contributed by atoms with van der Waals surface area (Å²) in [6.45, 7) is 0. The lowest BCUT2D eigenvalue weighted by Crippen LogP contribution is -2.37. The van der Waals surface area contributed by atoms with Gasteiger partial charge in [0.2, 0.25) is 5.91 Å². The van der Waals surface area contributed by atoms with Gasteiger partial charge in [0.25, 0.3) is 5.91 Å². The number of hydrogen-bond donors (Lipinski definition) is 2. The minimum Gasteiger partial charge on any atom is -0.395 e. The maximum Gasteiger partial charge on any atom is 0.433 e. The number of amides is 2. The summed E-state index contributed by atoms with van der Waals surface area (Å²) in [5.74, 6) is -3.20. The minimum absolute atomic E-state index is 0.267. The molecule has 0 fully saturated rings. The molecule has 9 heteroatoms. The highest BCUT2D eigenvalue weighted by Crippen LogP contribution is 2.18. The van der Waals surface area contributed by atoms with Crippen LogP contribution in [0.5, 0.6) is 0 Å². The molecular formula is C13H10FN3O5. The Hall–Kier alpha value is -3.23. The van der Waals surface area contributed by atoms with E-state index in [2.05, 4.69) is 5.32 Å². The average Bonchev–Trinajstić information content (AvgIpc) is 2.95. The van der Waals surface area contributed by atoms with E-state index in [1.807, 2.05) is 0 Å². The van der Waals surface area contributed by atoms with E-state index in [1.54, 1.807) is 0 Å². The Morgan fingerprint density at radius 1 is 1.23 bits per heavy atom. The van der Waals surface area contributed by atoms with Crippen LogP contribution in [0.15, 0.2) is 40.8 Å². The van der Waals surface area contributed by atoms with Crippen LogP contribution in [-0.2, 0) is 4.79 Å². The quantitative estimate of drug-likeness (QED) is 0.635. The molecule has 2 aromatic rings. The van der Waals surface area contributed by atoms with Gasteiger partial charge in [0.05, 0.1) is 6.07 Å². The highest BCUT2D eigenvalue weighted by Gasteiger charge is 2.24. The number of rotatable bonds is 5.